The first-order valence-corrected chi connectivity index (χ1v) is 21.6. The molecule has 10 aromatic carbocycles. The first-order valence-electron chi connectivity index (χ1n) is 21.6. The molecule has 0 aliphatic rings. The molecule has 2 aromatic heterocycles. The van der Waals surface area contributed by atoms with Crippen molar-refractivity contribution in [2.75, 3.05) is 0 Å². The minimum atomic E-state index is 0.700. The summed E-state index contributed by atoms with van der Waals surface area (Å²) in [6, 6.07) is 81.0. The van der Waals surface area contributed by atoms with Gasteiger partial charge in [-0.1, -0.05) is 194 Å². The van der Waals surface area contributed by atoms with E-state index in [-0.39, 0.29) is 0 Å². The maximum absolute atomic E-state index is 5.38. The number of aromatic nitrogens is 4. The zero-order chi connectivity index (χ0) is 42.4. The highest BCUT2D eigenvalue weighted by atomic mass is 14.9. The van der Waals surface area contributed by atoms with Gasteiger partial charge in [0.1, 0.15) is 0 Å². The van der Waals surface area contributed by atoms with Crippen molar-refractivity contribution in [2.24, 2.45) is 0 Å². The van der Waals surface area contributed by atoms with Gasteiger partial charge in [-0.05, 0) is 91.3 Å². The van der Waals surface area contributed by atoms with Crippen molar-refractivity contribution in [3.8, 4) is 78.7 Å². The molecule has 12 aromatic rings. The van der Waals surface area contributed by atoms with E-state index in [1.54, 1.807) is 0 Å². The Kier molecular flexibility index (Phi) is 9.12. The number of hydrogen-bond acceptors (Lipinski definition) is 4. The Hall–Kier alpha value is -8.60. The average molecular weight is 815 g/mol. The van der Waals surface area contributed by atoms with Gasteiger partial charge in [-0.25, -0.2) is 19.9 Å². The summed E-state index contributed by atoms with van der Waals surface area (Å²) >= 11 is 0. The first kappa shape index (κ1) is 37.2. The fraction of sp³-hybridized carbons (Fsp3) is 0. The third kappa shape index (κ3) is 6.57. The molecule has 4 nitrogen and oxygen atoms in total. The van der Waals surface area contributed by atoms with E-state index in [0.29, 0.717) is 11.6 Å². The van der Waals surface area contributed by atoms with Crippen molar-refractivity contribution in [1.82, 2.24) is 19.9 Å². The van der Waals surface area contributed by atoms with Crippen molar-refractivity contribution in [3.63, 3.8) is 0 Å². The van der Waals surface area contributed by atoms with Gasteiger partial charge in [-0.2, -0.15) is 0 Å². The van der Waals surface area contributed by atoms with E-state index in [0.717, 1.165) is 77.3 Å². The van der Waals surface area contributed by atoms with Crippen molar-refractivity contribution in [3.05, 3.63) is 231 Å². The lowest BCUT2D eigenvalue weighted by Crippen LogP contribution is -1.97. The molecule has 4 heteroatoms. The SMILES string of the molecule is c1ccc(-c2ccc(-c3nc(-c4cccc(-c5cccc(-c6nc(-c7ccc(-c8ccccc8)c8ccccc78)nc7ccccc67)c5)c4)c4ccccc4n3)c3ccccc23)cc1. The highest BCUT2D eigenvalue weighted by Crippen LogP contribution is 2.40. The Bertz CT molecular complexity index is 3480. The van der Waals surface area contributed by atoms with Gasteiger partial charge in [-0.3, -0.25) is 0 Å². The fourth-order valence-corrected chi connectivity index (χ4v) is 9.25. The number of benzene rings is 10. The standard InChI is InChI=1S/C60H38N4/c1-3-17-39(18-4-1)45-33-35-51(49-27-9-7-25-47(45)49)59-61-55-31-13-11-29-53(55)57(63-59)43-23-15-21-41(37-43)42-22-16-24-44(38-42)58-54-30-12-14-32-56(54)62-60(64-58)52-36-34-46(40-19-5-2-6-20-40)48-26-8-10-28-50(48)52/h1-38H. The Morgan fingerprint density at radius 2 is 0.516 bits per heavy atom. The van der Waals surface area contributed by atoms with Gasteiger partial charge < -0.3 is 0 Å². The van der Waals surface area contributed by atoms with Crippen molar-refractivity contribution >= 4 is 43.4 Å². The van der Waals surface area contributed by atoms with Crippen LogP contribution in [0.4, 0.5) is 0 Å². The number of rotatable bonds is 7. The molecule has 0 atom stereocenters. The summed E-state index contributed by atoms with van der Waals surface area (Å²) in [4.78, 5) is 21.1. The summed E-state index contributed by atoms with van der Waals surface area (Å²) in [5.74, 6) is 1.40. The zero-order valence-corrected chi connectivity index (χ0v) is 34.7. The average Bonchev–Trinajstić information content (AvgIpc) is 3.38. The summed E-state index contributed by atoms with van der Waals surface area (Å²) in [5, 5.41) is 6.59. The molecule has 0 aliphatic heterocycles. The Labute approximate surface area is 370 Å². The van der Waals surface area contributed by atoms with E-state index in [1.807, 2.05) is 12.1 Å². The van der Waals surface area contributed by atoms with Crippen LogP contribution in [-0.2, 0) is 0 Å². The molecule has 0 aliphatic carbocycles. The monoisotopic (exact) mass is 814 g/mol. The molecule has 0 saturated carbocycles. The van der Waals surface area contributed by atoms with Crippen LogP contribution >= 0.6 is 0 Å². The number of fused-ring (bicyclic) bond motifs is 4. The third-order valence-electron chi connectivity index (χ3n) is 12.3. The quantitative estimate of drug-likeness (QED) is 0.161. The second-order valence-corrected chi connectivity index (χ2v) is 16.1. The van der Waals surface area contributed by atoms with Crippen LogP contribution in [0.25, 0.3) is 122 Å². The molecule has 0 unspecified atom stereocenters. The third-order valence-corrected chi connectivity index (χ3v) is 12.3. The topological polar surface area (TPSA) is 51.6 Å². The van der Waals surface area contributed by atoms with E-state index in [1.165, 1.54) is 33.0 Å². The molecule has 0 radical (unpaired) electrons. The molecular formula is C60H38N4. The molecule has 298 valence electrons. The lowest BCUT2D eigenvalue weighted by Gasteiger charge is -2.15. The van der Waals surface area contributed by atoms with Crippen molar-refractivity contribution < 1.29 is 0 Å². The van der Waals surface area contributed by atoms with Crippen LogP contribution in [0.1, 0.15) is 0 Å². The molecule has 64 heavy (non-hydrogen) atoms. The number of para-hydroxylation sites is 2. The van der Waals surface area contributed by atoms with E-state index >= 15 is 0 Å². The molecule has 12 rings (SSSR count). The zero-order valence-electron chi connectivity index (χ0n) is 34.7. The van der Waals surface area contributed by atoms with Gasteiger partial charge in [0.2, 0.25) is 0 Å². The van der Waals surface area contributed by atoms with Crippen LogP contribution in [0.3, 0.4) is 0 Å². The van der Waals surface area contributed by atoms with Crippen molar-refractivity contribution in [1.29, 1.82) is 0 Å². The summed E-state index contributed by atoms with van der Waals surface area (Å²) in [6.45, 7) is 0. The van der Waals surface area contributed by atoms with E-state index in [4.69, 9.17) is 19.9 Å². The minimum Gasteiger partial charge on any atom is -0.228 e. The van der Waals surface area contributed by atoms with Crippen LogP contribution < -0.4 is 0 Å². The van der Waals surface area contributed by atoms with Gasteiger partial charge >= 0.3 is 0 Å². The highest BCUT2D eigenvalue weighted by Gasteiger charge is 2.18. The van der Waals surface area contributed by atoms with Crippen LogP contribution in [0.2, 0.25) is 0 Å². The van der Waals surface area contributed by atoms with Gasteiger partial charge in [0.25, 0.3) is 0 Å². The highest BCUT2D eigenvalue weighted by molar-refractivity contribution is 6.07. The summed E-state index contributed by atoms with van der Waals surface area (Å²) in [6.07, 6.45) is 0. The lowest BCUT2D eigenvalue weighted by molar-refractivity contribution is 1.23. The van der Waals surface area contributed by atoms with Crippen LogP contribution in [0, 0.1) is 0 Å². The molecule has 0 fully saturated rings. The van der Waals surface area contributed by atoms with Gasteiger partial charge in [0.05, 0.1) is 22.4 Å². The van der Waals surface area contributed by atoms with E-state index in [9.17, 15) is 0 Å². The molecule has 0 spiro atoms. The largest absolute Gasteiger partial charge is 0.228 e. The number of nitrogens with zero attached hydrogens (tertiary/aromatic N) is 4. The number of hydrogen-bond donors (Lipinski definition) is 0. The smallest absolute Gasteiger partial charge is 0.161 e. The minimum absolute atomic E-state index is 0.700. The van der Waals surface area contributed by atoms with Crippen molar-refractivity contribution in [2.45, 2.75) is 0 Å². The normalized spacial score (nSPS) is 11.4. The Morgan fingerprint density at radius 1 is 0.203 bits per heavy atom. The summed E-state index contributed by atoms with van der Waals surface area (Å²) < 4.78 is 0. The molecule has 0 bridgehead atoms. The molecular weight excluding hydrogens is 777 g/mol. The van der Waals surface area contributed by atoms with Gasteiger partial charge in [0.15, 0.2) is 11.6 Å². The fourth-order valence-electron chi connectivity index (χ4n) is 9.25. The molecule has 0 saturated heterocycles. The summed E-state index contributed by atoms with van der Waals surface area (Å²) in [5.41, 5.74) is 14.6. The second kappa shape index (κ2) is 15.7. The molecule has 2 heterocycles. The molecule has 0 N–H and O–H groups in total. The van der Waals surface area contributed by atoms with Crippen LogP contribution in [0.15, 0.2) is 231 Å². The predicted molar refractivity (Wildman–Crippen MR) is 266 cm³/mol. The van der Waals surface area contributed by atoms with Crippen LogP contribution in [-0.4, -0.2) is 19.9 Å². The van der Waals surface area contributed by atoms with Gasteiger partial charge in [0, 0.05) is 33.0 Å². The maximum atomic E-state index is 5.38. The lowest BCUT2D eigenvalue weighted by atomic mass is 9.94. The maximum Gasteiger partial charge on any atom is 0.161 e. The first-order chi connectivity index (χ1) is 31.7. The summed E-state index contributed by atoms with van der Waals surface area (Å²) in [7, 11) is 0. The Morgan fingerprint density at radius 3 is 0.938 bits per heavy atom. The predicted octanol–water partition coefficient (Wildman–Crippen LogP) is 15.5. The van der Waals surface area contributed by atoms with E-state index in [2.05, 4.69) is 218 Å². The second-order valence-electron chi connectivity index (χ2n) is 16.1. The van der Waals surface area contributed by atoms with Crippen LogP contribution in [0.5, 0.6) is 0 Å². The van der Waals surface area contributed by atoms with E-state index < -0.39 is 0 Å². The van der Waals surface area contributed by atoms with Gasteiger partial charge in [-0.15, -0.1) is 0 Å². The Balaban J connectivity index is 0.963. The molecule has 0 amide bonds.